The minimum absolute atomic E-state index is 0.0131. The van der Waals surface area contributed by atoms with Gasteiger partial charge in [-0.3, -0.25) is 14.5 Å². The topological polar surface area (TPSA) is 127 Å². The van der Waals surface area contributed by atoms with Crippen molar-refractivity contribution in [2.45, 2.75) is 6.54 Å². The van der Waals surface area contributed by atoms with Crippen LogP contribution in [-0.2, 0) is 20.9 Å². The van der Waals surface area contributed by atoms with Crippen LogP contribution in [0.5, 0.6) is 5.75 Å². The molecule has 0 radical (unpaired) electrons. The van der Waals surface area contributed by atoms with E-state index in [0.717, 1.165) is 4.90 Å². The molecule has 1 aliphatic heterocycles. The number of anilines is 1. The summed E-state index contributed by atoms with van der Waals surface area (Å²) in [5.41, 5.74) is 0.717. The van der Waals surface area contributed by atoms with Crippen LogP contribution in [0.25, 0.3) is 6.08 Å². The van der Waals surface area contributed by atoms with Crippen LogP contribution in [0.15, 0.2) is 63.1 Å². The number of nitrogens with zero attached hydrogens (tertiary/aromatic N) is 1. The summed E-state index contributed by atoms with van der Waals surface area (Å²) in [5, 5.41) is 5.12. The fourth-order valence-corrected chi connectivity index (χ4v) is 4.40. The Kier molecular flexibility index (Phi) is 8.13. The van der Waals surface area contributed by atoms with Crippen LogP contribution in [-0.4, -0.2) is 42.4 Å². The second-order valence-electron chi connectivity index (χ2n) is 7.80. The summed E-state index contributed by atoms with van der Waals surface area (Å²) in [6.45, 7) is -0.600. The number of hydrogen-bond donors (Lipinski definition) is 2. The Bertz CT molecular complexity index is 1450. The summed E-state index contributed by atoms with van der Waals surface area (Å²) in [4.78, 5) is 49.8. The van der Waals surface area contributed by atoms with Gasteiger partial charge in [-0.25, -0.2) is 14.0 Å². The molecule has 2 heterocycles. The summed E-state index contributed by atoms with van der Waals surface area (Å²) >= 11 is 9.65. The van der Waals surface area contributed by atoms with E-state index in [1.165, 1.54) is 55.7 Å². The lowest BCUT2D eigenvalue weighted by atomic mass is 10.2. The number of urea groups is 1. The van der Waals surface area contributed by atoms with Crippen molar-refractivity contribution >= 4 is 63.1 Å². The number of halogens is 3. The summed E-state index contributed by atoms with van der Waals surface area (Å²) in [5.74, 6) is -2.00. The molecule has 38 heavy (non-hydrogen) atoms. The van der Waals surface area contributed by atoms with Gasteiger partial charge in [0.05, 0.1) is 23.1 Å². The Labute approximate surface area is 228 Å². The van der Waals surface area contributed by atoms with Gasteiger partial charge in [-0.15, -0.1) is 0 Å². The number of methoxy groups -OCH3 is 1. The van der Waals surface area contributed by atoms with Gasteiger partial charge in [-0.2, -0.15) is 0 Å². The second kappa shape index (κ2) is 11.5. The number of esters is 1. The van der Waals surface area contributed by atoms with Crippen molar-refractivity contribution in [2.24, 2.45) is 0 Å². The number of hydrogen-bond acceptors (Lipinski definition) is 7. The van der Waals surface area contributed by atoms with Crippen LogP contribution in [0.4, 0.5) is 14.9 Å². The molecular weight excluding hydrogens is 589 g/mol. The molecule has 4 rings (SSSR count). The first kappa shape index (κ1) is 26.9. The average molecular weight is 607 g/mol. The van der Waals surface area contributed by atoms with Crippen molar-refractivity contribution in [3.8, 4) is 5.75 Å². The number of carbonyl (C=O) groups excluding carboxylic acids is 4. The van der Waals surface area contributed by atoms with E-state index >= 15 is 0 Å². The van der Waals surface area contributed by atoms with E-state index in [4.69, 9.17) is 20.8 Å². The number of nitrogens with one attached hydrogen (secondary N) is 2. The molecule has 196 valence electrons. The molecule has 0 saturated carbocycles. The Hall–Kier alpha value is -4.16. The van der Waals surface area contributed by atoms with Crippen molar-refractivity contribution < 1.29 is 37.5 Å². The quantitative estimate of drug-likeness (QED) is 0.216. The normalized spacial score (nSPS) is 14.0. The van der Waals surface area contributed by atoms with Crippen molar-refractivity contribution in [2.75, 3.05) is 19.0 Å². The second-order valence-corrected chi connectivity index (χ2v) is 9.06. The number of furan rings is 1. The molecule has 10 nitrogen and oxygen atoms in total. The third kappa shape index (κ3) is 6.21. The SMILES string of the molecule is COC(=O)c1ccc(CN2C(=O)N/C(=C\c3cc(Cl)c(OCC(=O)Nc4cccc(F)c4)c(Br)c3)C2=O)o1. The highest BCUT2D eigenvalue weighted by atomic mass is 79.9. The zero-order valence-corrected chi connectivity index (χ0v) is 21.9. The highest BCUT2D eigenvalue weighted by molar-refractivity contribution is 9.10. The highest BCUT2D eigenvalue weighted by Gasteiger charge is 2.34. The molecule has 1 fully saturated rings. The maximum absolute atomic E-state index is 13.3. The lowest BCUT2D eigenvalue weighted by molar-refractivity contribution is -0.123. The number of imide groups is 1. The van der Waals surface area contributed by atoms with Crippen molar-refractivity contribution in [1.29, 1.82) is 0 Å². The molecule has 2 aromatic carbocycles. The van der Waals surface area contributed by atoms with Crippen molar-refractivity contribution in [3.63, 3.8) is 0 Å². The zero-order valence-electron chi connectivity index (χ0n) is 19.5. The van der Waals surface area contributed by atoms with Gasteiger partial charge in [-0.05, 0) is 70.0 Å². The fraction of sp³-hybridized carbons (Fsp3) is 0.120. The molecule has 0 unspecified atom stereocenters. The fourth-order valence-electron chi connectivity index (χ4n) is 3.41. The number of amides is 4. The molecular formula is C25H18BrClFN3O7. The molecule has 13 heteroatoms. The first-order valence-electron chi connectivity index (χ1n) is 10.8. The minimum atomic E-state index is -0.684. The largest absolute Gasteiger partial charge is 0.481 e. The first-order valence-corrected chi connectivity index (χ1v) is 12.0. The third-order valence-electron chi connectivity index (χ3n) is 5.11. The summed E-state index contributed by atoms with van der Waals surface area (Å²) in [7, 11) is 1.20. The summed E-state index contributed by atoms with van der Waals surface area (Å²) < 4.78 is 29.1. The van der Waals surface area contributed by atoms with Gasteiger partial charge >= 0.3 is 12.0 Å². The molecule has 1 aromatic heterocycles. The van der Waals surface area contributed by atoms with E-state index in [-0.39, 0.29) is 40.2 Å². The third-order valence-corrected chi connectivity index (χ3v) is 5.98. The molecule has 0 aliphatic carbocycles. The standard InChI is InChI=1S/C25H18BrClFN3O7/c1-36-24(34)20-6-5-16(38-20)11-31-23(33)19(30-25(31)35)9-13-7-17(26)22(18(27)8-13)37-12-21(32)29-15-4-2-3-14(28)10-15/h2-10H,11-12H2,1H3,(H,29,32)(H,30,35)/b19-9-. The molecule has 1 aliphatic rings. The van der Waals surface area contributed by atoms with Crippen molar-refractivity contribution in [1.82, 2.24) is 10.2 Å². The number of rotatable bonds is 8. The van der Waals surface area contributed by atoms with Crippen LogP contribution in [0, 0.1) is 5.82 Å². The molecule has 0 bridgehead atoms. The highest BCUT2D eigenvalue weighted by Crippen LogP contribution is 2.35. The Morgan fingerprint density at radius 3 is 2.71 bits per heavy atom. The lowest BCUT2D eigenvalue weighted by Crippen LogP contribution is -2.30. The molecule has 1 saturated heterocycles. The van der Waals surface area contributed by atoms with Gasteiger partial charge in [-0.1, -0.05) is 17.7 Å². The molecule has 2 N–H and O–H groups in total. The Morgan fingerprint density at radius 2 is 2.00 bits per heavy atom. The van der Waals surface area contributed by atoms with Crippen LogP contribution in [0.2, 0.25) is 5.02 Å². The maximum atomic E-state index is 13.3. The van der Waals surface area contributed by atoms with Crippen LogP contribution in [0.1, 0.15) is 21.9 Å². The van der Waals surface area contributed by atoms with Gasteiger partial charge in [0.25, 0.3) is 11.8 Å². The van der Waals surface area contributed by atoms with Gasteiger partial charge in [0, 0.05) is 5.69 Å². The molecule has 0 atom stereocenters. The van der Waals surface area contributed by atoms with Gasteiger partial charge < -0.3 is 24.5 Å². The number of carbonyl (C=O) groups is 4. The van der Waals surface area contributed by atoms with E-state index in [1.54, 1.807) is 6.07 Å². The van der Waals surface area contributed by atoms with E-state index in [0.29, 0.717) is 10.0 Å². The predicted molar refractivity (Wildman–Crippen MR) is 137 cm³/mol. The first-order chi connectivity index (χ1) is 18.1. The average Bonchev–Trinajstić information content (AvgIpc) is 3.43. The maximum Gasteiger partial charge on any atom is 0.373 e. The Morgan fingerprint density at radius 1 is 1.21 bits per heavy atom. The monoisotopic (exact) mass is 605 g/mol. The van der Waals surface area contributed by atoms with E-state index in [2.05, 4.69) is 31.3 Å². The minimum Gasteiger partial charge on any atom is -0.481 e. The van der Waals surface area contributed by atoms with E-state index < -0.39 is 36.2 Å². The smallest absolute Gasteiger partial charge is 0.373 e. The van der Waals surface area contributed by atoms with Crippen LogP contribution >= 0.6 is 27.5 Å². The zero-order chi connectivity index (χ0) is 27.4. The number of ether oxygens (including phenoxy) is 2. The number of benzene rings is 2. The lowest BCUT2D eigenvalue weighted by Gasteiger charge is -2.12. The van der Waals surface area contributed by atoms with Gasteiger partial charge in [0.15, 0.2) is 12.4 Å². The van der Waals surface area contributed by atoms with Crippen molar-refractivity contribution in [3.05, 3.63) is 86.6 Å². The molecule has 3 aromatic rings. The molecule has 4 amide bonds. The van der Waals surface area contributed by atoms with Gasteiger partial charge in [0.2, 0.25) is 5.76 Å². The summed E-state index contributed by atoms with van der Waals surface area (Å²) in [6, 6.07) is 10.6. The van der Waals surface area contributed by atoms with Crippen LogP contribution < -0.4 is 15.4 Å². The summed E-state index contributed by atoms with van der Waals surface area (Å²) in [6.07, 6.45) is 1.42. The van der Waals surface area contributed by atoms with Crippen LogP contribution in [0.3, 0.4) is 0 Å². The predicted octanol–water partition coefficient (Wildman–Crippen LogP) is 4.73. The molecule has 0 spiro atoms. The van der Waals surface area contributed by atoms with E-state index in [9.17, 15) is 23.6 Å². The van der Waals surface area contributed by atoms with E-state index in [1.807, 2.05) is 0 Å². The Balaban J connectivity index is 1.42. The van der Waals surface area contributed by atoms with Gasteiger partial charge in [0.1, 0.15) is 17.3 Å².